The molecule has 0 radical (unpaired) electrons. The number of ether oxygens (including phenoxy) is 2. The zero-order valence-corrected chi connectivity index (χ0v) is 14.4. The van der Waals surface area contributed by atoms with Gasteiger partial charge in [-0.15, -0.1) is 0 Å². The average Bonchev–Trinajstić information content (AvgIpc) is 2.57. The van der Waals surface area contributed by atoms with Crippen molar-refractivity contribution in [3.05, 3.63) is 29.3 Å². The molecule has 1 aromatic rings. The number of halogens is 1. The van der Waals surface area contributed by atoms with Crippen LogP contribution in [0.2, 0.25) is 5.02 Å². The molecule has 2 N–H and O–H groups in total. The van der Waals surface area contributed by atoms with Crippen LogP contribution in [0.3, 0.4) is 0 Å². The summed E-state index contributed by atoms with van der Waals surface area (Å²) < 4.78 is 9.97. The smallest absolute Gasteiger partial charge is 0.344 e. The van der Waals surface area contributed by atoms with Crippen LogP contribution in [0.4, 0.5) is 0 Å². The molecule has 7 nitrogen and oxygen atoms in total. The molecule has 1 atom stereocenters. The van der Waals surface area contributed by atoms with Gasteiger partial charge in [-0.1, -0.05) is 18.5 Å². The fourth-order valence-corrected chi connectivity index (χ4v) is 1.74. The summed E-state index contributed by atoms with van der Waals surface area (Å²) in [5, 5.41) is 5.65. The van der Waals surface area contributed by atoms with E-state index in [9.17, 15) is 14.4 Å². The Labute approximate surface area is 145 Å². The highest BCUT2D eigenvalue weighted by Gasteiger charge is 2.16. The van der Waals surface area contributed by atoms with E-state index in [0.717, 1.165) is 6.42 Å². The van der Waals surface area contributed by atoms with Crippen molar-refractivity contribution in [1.82, 2.24) is 10.6 Å². The molecule has 1 aromatic carbocycles. The minimum atomic E-state index is -0.701. The number of esters is 1. The predicted molar refractivity (Wildman–Crippen MR) is 88.8 cm³/mol. The fourth-order valence-electron chi connectivity index (χ4n) is 1.61. The van der Waals surface area contributed by atoms with Crippen LogP contribution in [-0.4, -0.2) is 43.6 Å². The molecule has 0 aliphatic heterocycles. The molecular formula is C16H21ClN2O5. The van der Waals surface area contributed by atoms with Gasteiger partial charge in [-0.05, 0) is 37.6 Å². The summed E-state index contributed by atoms with van der Waals surface area (Å²) in [6.07, 6.45) is 0.803. The average molecular weight is 357 g/mol. The minimum Gasteiger partial charge on any atom is -0.482 e. The Morgan fingerprint density at radius 1 is 1.17 bits per heavy atom. The van der Waals surface area contributed by atoms with Crippen LogP contribution in [0, 0.1) is 0 Å². The Morgan fingerprint density at radius 3 is 2.46 bits per heavy atom. The molecule has 0 saturated carbocycles. The molecule has 0 unspecified atom stereocenters. The third-order valence-electron chi connectivity index (χ3n) is 2.85. The van der Waals surface area contributed by atoms with E-state index in [4.69, 9.17) is 21.1 Å². The fraction of sp³-hybridized carbons (Fsp3) is 0.438. The van der Waals surface area contributed by atoms with Crippen molar-refractivity contribution in [2.75, 3.05) is 19.8 Å². The van der Waals surface area contributed by atoms with Crippen molar-refractivity contribution in [2.45, 2.75) is 26.3 Å². The van der Waals surface area contributed by atoms with Gasteiger partial charge in [-0.25, -0.2) is 4.79 Å². The molecule has 0 aromatic heterocycles. The number of amides is 2. The summed E-state index contributed by atoms with van der Waals surface area (Å²) in [6.45, 7) is 3.20. The molecule has 24 heavy (non-hydrogen) atoms. The number of rotatable bonds is 9. The monoisotopic (exact) mass is 356 g/mol. The van der Waals surface area contributed by atoms with Crippen LogP contribution in [0.25, 0.3) is 0 Å². The molecule has 8 heteroatoms. The molecule has 0 saturated heterocycles. The van der Waals surface area contributed by atoms with Crippen LogP contribution in [0.15, 0.2) is 24.3 Å². The largest absolute Gasteiger partial charge is 0.482 e. The molecule has 0 spiro atoms. The Bertz CT molecular complexity index is 562. The Hall–Kier alpha value is -2.28. The van der Waals surface area contributed by atoms with E-state index in [-0.39, 0.29) is 12.5 Å². The highest BCUT2D eigenvalue weighted by Crippen LogP contribution is 2.15. The third kappa shape index (κ3) is 7.82. The van der Waals surface area contributed by atoms with Gasteiger partial charge in [-0.3, -0.25) is 9.59 Å². The summed E-state index contributed by atoms with van der Waals surface area (Å²) in [7, 11) is 0. The molecule has 0 bridgehead atoms. The highest BCUT2D eigenvalue weighted by atomic mass is 35.5. The van der Waals surface area contributed by atoms with Gasteiger partial charge in [0.2, 0.25) is 5.91 Å². The first kappa shape index (κ1) is 19.8. The number of carbonyl (C=O) groups excluding carboxylic acids is 3. The molecule has 0 fully saturated rings. The second-order valence-electron chi connectivity index (χ2n) is 4.98. The van der Waals surface area contributed by atoms with Crippen molar-refractivity contribution in [3.63, 3.8) is 0 Å². The summed E-state index contributed by atoms with van der Waals surface area (Å²) in [5.41, 5.74) is 0. The lowest BCUT2D eigenvalue weighted by Crippen LogP contribution is -2.46. The first-order valence-electron chi connectivity index (χ1n) is 7.53. The van der Waals surface area contributed by atoms with Crippen LogP contribution in [0.5, 0.6) is 5.75 Å². The maximum Gasteiger partial charge on any atom is 0.344 e. The number of nitrogens with one attached hydrogen (secondary N) is 2. The second kappa shape index (κ2) is 10.5. The zero-order valence-electron chi connectivity index (χ0n) is 13.6. The quantitative estimate of drug-likeness (QED) is 0.650. The normalized spacial score (nSPS) is 11.3. The van der Waals surface area contributed by atoms with Gasteiger partial charge in [0.25, 0.3) is 5.91 Å². The van der Waals surface area contributed by atoms with Crippen LogP contribution < -0.4 is 15.4 Å². The number of hydrogen-bond donors (Lipinski definition) is 2. The van der Waals surface area contributed by atoms with Gasteiger partial charge in [0.15, 0.2) is 13.2 Å². The number of benzene rings is 1. The lowest BCUT2D eigenvalue weighted by atomic mass is 10.3. The van der Waals surface area contributed by atoms with Crippen molar-refractivity contribution in [1.29, 1.82) is 0 Å². The SMILES string of the molecule is CCCNC(=O)[C@H](C)NC(=O)COC(=O)COc1ccc(Cl)cc1. The van der Waals surface area contributed by atoms with E-state index in [2.05, 4.69) is 10.6 Å². The molecule has 132 valence electrons. The molecular weight excluding hydrogens is 336 g/mol. The van der Waals surface area contributed by atoms with E-state index in [1.807, 2.05) is 6.92 Å². The second-order valence-corrected chi connectivity index (χ2v) is 5.42. The van der Waals surface area contributed by atoms with E-state index in [0.29, 0.717) is 17.3 Å². The van der Waals surface area contributed by atoms with Crippen molar-refractivity contribution in [2.24, 2.45) is 0 Å². The van der Waals surface area contributed by atoms with Crippen molar-refractivity contribution in [3.8, 4) is 5.75 Å². The zero-order chi connectivity index (χ0) is 17.9. The molecule has 2 amide bonds. The molecule has 1 rings (SSSR count). The predicted octanol–water partition coefficient (Wildman–Crippen LogP) is 1.29. The van der Waals surface area contributed by atoms with E-state index >= 15 is 0 Å². The van der Waals surface area contributed by atoms with Crippen LogP contribution >= 0.6 is 11.6 Å². The number of hydrogen-bond acceptors (Lipinski definition) is 5. The minimum absolute atomic E-state index is 0.289. The summed E-state index contributed by atoms with van der Waals surface area (Å²) in [5.74, 6) is -1.08. The molecule has 0 aliphatic rings. The Morgan fingerprint density at radius 2 is 1.83 bits per heavy atom. The van der Waals surface area contributed by atoms with Gasteiger partial charge >= 0.3 is 5.97 Å². The first-order valence-corrected chi connectivity index (χ1v) is 7.91. The van der Waals surface area contributed by atoms with E-state index in [1.165, 1.54) is 0 Å². The Balaban J connectivity index is 2.24. The summed E-state index contributed by atoms with van der Waals surface area (Å²) >= 11 is 5.73. The van der Waals surface area contributed by atoms with Crippen LogP contribution in [0.1, 0.15) is 20.3 Å². The summed E-state index contributed by atoms with van der Waals surface area (Å²) in [6, 6.07) is 5.77. The standard InChI is InChI=1S/C16H21ClN2O5/c1-3-8-18-16(22)11(2)19-14(20)9-24-15(21)10-23-13-6-4-12(17)5-7-13/h4-7,11H,3,8-10H2,1-2H3,(H,18,22)(H,19,20)/t11-/m0/s1. The van der Waals surface area contributed by atoms with Gasteiger partial charge in [-0.2, -0.15) is 0 Å². The van der Waals surface area contributed by atoms with Gasteiger partial charge in [0.1, 0.15) is 11.8 Å². The van der Waals surface area contributed by atoms with Crippen molar-refractivity contribution >= 4 is 29.4 Å². The third-order valence-corrected chi connectivity index (χ3v) is 3.11. The lowest BCUT2D eigenvalue weighted by molar-refractivity contribution is -0.150. The van der Waals surface area contributed by atoms with Gasteiger partial charge in [0, 0.05) is 11.6 Å². The van der Waals surface area contributed by atoms with E-state index < -0.39 is 24.5 Å². The maximum atomic E-state index is 11.6. The van der Waals surface area contributed by atoms with Crippen LogP contribution in [-0.2, 0) is 19.1 Å². The Kier molecular flexibility index (Phi) is 8.64. The first-order chi connectivity index (χ1) is 11.4. The number of carbonyl (C=O) groups is 3. The lowest BCUT2D eigenvalue weighted by Gasteiger charge is -2.14. The van der Waals surface area contributed by atoms with E-state index in [1.54, 1.807) is 31.2 Å². The van der Waals surface area contributed by atoms with Gasteiger partial charge in [0.05, 0.1) is 0 Å². The summed E-state index contributed by atoms with van der Waals surface area (Å²) in [4.78, 5) is 34.7. The highest BCUT2D eigenvalue weighted by molar-refractivity contribution is 6.30. The van der Waals surface area contributed by atoms with Crippen molar-refractivity contribution < 1.29 is 23.9 Å². The maximum absolute atomic E-state index is 11.6. The van der Waals surface area contributed by atoms with Gasteiger partial charge < -0.3 is 20.1 Å². The molecule has 0 heterocycles. The molecule has 0 aliphatic carbocycles. The topological polar surface area (TPSA) is 93.7 Å².